The van der Waals surface area contributed by atoms with Gasteiger partial charge in [-0.2, -0.15) is 0 Å². The highest BCUT2D eigenvalue weighted by atomic mass is 16.2. The van der Waals surface area contributed by atoms with Crippen molar-refractivity contribution < 1.29 is 9.59 Å². The number of carbonyl (C=O) groups is 2. The molecule has 0 bridgehead atoms. The van der Waals surface area contributed by atoms with Gasteiger partial charge in [-0.1, -0.05) is 17.2 Å². The summed E-state index contributed by atoms with van der Waals surface area (Å²) in [5, 5.41) is 3.19. The van der Waals surface area contributed by atoms with Crippen LogP contribution in [0.25, 0.3) is 0 Å². The van der Waals surface area contributed by atoms with Crippen molar-refractivity contribution in [2.24, 2.45) is 17.6 Å². The summed E-state index contributed by atoms with van der Waals surface area (Å²) in [5.41, 5.74) is 8.51. The summed E-state index contributed by atoms with van der Waals surface area (Å²) in [6.45, 7) is 7.71. The second kappa shape index (κ2) is 7.39. The third-order valence-corrected chi connectivity index (χ3v) is 5.86. The molecular weight excluding hydrogens is 326 g/mol. The Labute approximate surface area is 156 Å². The average molecular weight is 357 g/mol. The summed E-state index contributed by atoms with van der Waals surface area (Å²) in [6.07, 6.45) is 3.96. The summed E-state index contributed by atoms with van der Waals surface area (Å²) >= 11 is 0. The van der Waals surface area contributed by atoms with Crippen LogP contribution in [-0.2, 0) is 4.79 Å². The number of hydrogen-bond acceptors (Lipinski definition) is 3. The first-order chi connectivity index (χ1) is 12.3. The average Bonchev–Trinajstić information content (AvgIpc) is 3.46. The zero-order valence-corrected chi connectivity index (χ0v) is 16.2. The predicted octanol–water partition coefficient (Wildman–Crippen LogP) is 2.40. The van der Waals surface area contributed by atoms with Gasteiger partial charge in [0.15, 0.2) is 0 Å². The van der Waals surface area contributed by atoms with E-state index in [1.54, 1.807) is 0 Å². The van der Waals surface area contributed by atoms with E-state index in [9.17, 15) is 9.59 Å². The fraction of sp³-hybridized carbons (Fsp3) is 0.619. The second-order valence-electron chi connectivity index (χ2n) is 8.35. The van der Waals surface area contributed by atoms with E-state index >= 15 is 0 Å². The van der Waals surface area contributed by atoms with Gasteiger partial charge in [0.25, 0.3) is 5.91 Å². The van der Waals surface area contributed by atoms with Crippen LogP contribution in [0.4, 0.5) is 0 Å². The number of carbonyl (C=O) groups excluding carboxylic acids is 2. The Kier molecular flexibility index (Phi) is 5.37. The fourth-order valence-corrected chi connectivity index (χ4v) is 4.08. The topological polar surface area (TPSA) is 75.4 Å². The van der Waals surface area contributed by atoms with E-state index in [1.807, 2.05) is 37.8 Å². The van der Waals surface area contributed by atoms with Crippen molar-refractivity contribution in [3.8, 4) is 0 Å². The molecule has 1 aromatic rings. The van der Waals surface area contributed by atoms with Crippen molar-refractivity contribution in [1.82, 2.24) is 10.2 Å². The molecule has 5 nitrogen and oxygen atoms in total. The first kappa shape index (κ1) is 18.9. The molecule has 2 unspecified atom stereocenters. The molecule has 142 valence electrons. The molecule has 3 N–H and O–H groups in total. The SMILES string of the molecule is Cc1cc(C)cc(C(=O)N2CCCC(C(=O)NC(C)(CN)C3CC3)C2)c1. The molecule has 1 saturated heterocycles. The van der Waals surface area contributed by atoms with E-state index < -0.39 is 0 Å². The minimum absolute atomic E-state index is 0.0260. The normalized spacial score (nSPS) is 22.6. The van der Waals surface area contributed by atoms with Gasteiger partial charge in [-0.15, -0.1) is 0 Å². The lowest BCUT2D eigenvalue weighted by Gasteiger charge is -2.36. The lowest BCUT2D eigenvalue weighted by Crippen LogP contribution is -2.56. The monoisotopic (exact) mass is 357 g/mol. The van der Waals surface area contributed by atoms with Crippen LogP contribution < -0.4 is 11.1 Å². The van der Waals surface area contributed by atoms with Crippen molar-refractivity contribution in [2.75, 3.05) is 19.6 Å². The van der Waals surface area contributed by atoms with Gasteiger partial charge in [-0.25, -0.2) is 0 Å². The van der Waals surface area contributed by atoms with Crippen LogP contribution >= 0.6 is 0 Å². The van der Waals surface area contributed by atoms with Crippen LogP contribution in [0.3, 0.4) is 0 Å². The van der Waals surface area contributed by atoms with Crippen LogP contribution in [0.15, 0.2) is 18.2 Å². The molecule has 0 aromatic heterocycles. The Balaban J connectivity index is 1.66. The number of benzene rings is 1. The molecule has 5 heteroatoms. The zero-order chi connectivity index (χ0) is 18.9. The minimum Gasteiger partial charge on any atom is -0.349 e. The summed E-state index contributed by atoms with van der Waals surface area (Å²) < 4.78 is 0. The lowest BCUT2D eigenvalue weighted by molar-refractivity contribution is -0.128. The number of nitrogens with two attached hydrogens (primary N) is 1. The second-order valence-corrected chi connectivity index (χ2v) is 8.35. The molecule has 0 radical (unpaired) electrons. The fourth-order valence-electron chi connectivity index (χ4n) is 4.08. The van der Waals surface area contributed by atoms with Gasteiger partial charge in [0.05, 0.1) is 11.5 Å². The summed E-state index contributed by atoms with van der Waals surface area (Å²) in [5.74, 6) is 0.414. The molecule has 1 aliphatic heterocycles. The van der Waals surface area contributed by atoms with Gasteiger partial charge in [0.2, 0.25) is 5.91 Å². The van der Waals surface area contributed by atoms with E-state index in [-0.39, 0.29) is 23.3 Å². The van der Waals surface area contributed by atoms with E-state index in [1.165, 1.54) is 0 Å². The van der Waals surface area contributed by atoms with Crippen LogP contribution in [0.2, 0.25) is 0 Å². The minimum atomic E-state index is -0.309. The molecule has 2 fully saturated rings. The third kappa shape index (κ3) is 4.09. The Hall–Kier alpha value is -1.88. The van der Waals surface area contributed by atoms with Crippen molar-refractivity contribution >= 4 is 11.8 Å². The van der Waals surface area contributed by atoms with E-state index in [4.69, 9.17) is 5.73 Å². The molecule has 1 saturated carbocycles. The highest BCUT2D eigenvalue weighted by molar-refractivity contribution is 5.95. The Morgan fingerprint density at radius 3 is 2.42 bits per heavy atom. The molecule has 3 rings (SSSR count). The smallest absolute Gasteiger partial charge is 0.253 e. The lowest BCUT2D eigenvalue weighted by atomic mass is 9.91. The van der Waals surface area contributed by atoms with E-state index in [2.05, 4.69) is 11.4 Å². The number of aryl methyl sites for hydroxylation is 2. The van der Waals surface area contributed by atoms with Crippen LogP contribution in [0, 0.1) is 25.7 Å². The van der Waals surface area contributed by atoms with Crippen LogP contribution in [0.5, 0.6) is 0 Å². The molecule has 0 spiro atoms. The largest absolute Gasteiger partial charge is 0.349 e. The third-order valence-electron chi connectivity index (χ3n) is 5.86. The molecule has 26 heavy (non-hydrogen) atoms. The Morgan fingerprint density at radius 2 is 1.85 bits per heavy atom. The summed E-state index contributed by atoms with van der Waals surface area (Å²) in [7, 11) is 0. The Bertz CT molecular complexity index is 678. The molecule has 1 aromatic carbocycles. The van der Waals surface area contributed by atoms with Crippen molar-refractivity contribution in [2.45, 2.75) is 52.0 Å². The number of likely N-dealkylation sites (tertiary alicyclic amines) is 1. The molecule has 2 amide bonds. The van der Waals surface area contributed by atoms with E-state index in [0.717, 1.165) is 36.8 Å². The van der Waals surface area contributed by atoms with E-state index in [0.29, 0.717) is 31.1 Å². The quantitative estimate of drug-likeness (QED) is 0.850. The van der Waals surface area contributed by atoms with Gasteiger partial charge >= 0.3 is 0 Å². The van der Waals surface area contributed by atoms with Gasteiger partial charge in [0.1, 0.15) is 0 Å². The zero-order valence-electron chi connectivity index (χ0n) is 16.2. The van der Waals surface area contributed by atoms with Crippen molar-refractivity contribution in [3.05, 3.63) is 34.9 Å². The maximum Gasteiger partial charge on any atom is 0.253 e. The Morgan fingerprint density at radius 1 is 1.19 bits per heavy atom. The highest BCUT2D eigenvalue weighted by Gasteiger charge is 2.43. The van der Waals surface area contributed by atoms with Gasteiger partial charge < -0.3 is 16.0 Å². The molecule has 2 atom stereocenters. The summed E-state index contributed by atoms with van der Waals surface area (Å²) in [4.78, 5) is 27.6. The number of rotatable bonds is 5. The van der Waals surface area contributed by atoms with Crippen molar-refractivity contribution in [3.63, 3.8) is 0 Å². The van der Waals surface area contributed by atoms with Gasteiger partial charge in [0, 0.05) is 25.2 Å². The number of nitrogens with zero attached hydrogens (tertiary/aromatic N) is 1. The van der Waals surface area contributed by atoms with Crippen LogP contribution in [-0.4, -0.2) is 41.9 Å². The predicted molar refractivity (Wildman–Crippen MR) is 103 cm³/mol. The maximum absolute atomic E-state index is 12.9. The number of amides is 2. The number of hydrogen-bond donors (Lipinski definition) is 2. The molecule has 2 aliphatic rings. The first-order valence-electron chi connectivity index (χ1n) is 9.72. The highest BCUT2D eigenvalue weighted by Crippen LogP contribution is 2.39. The van der Waals surface area contributed by atoms with Crippen LogP contribution in [0.1, 0.15) is 54.1 Å². The van der Waals surface area contributed by atoms with Gasteiger partial charge in [-0.3, -0.25) is 9.59 Å². The van der Waals surface area contributed by atoms with Crippen molar-refractivity contribution in [1.29, 1.82) is 0 Å². The summed E-state index contributed by atoms with van der Waals surface area (Å²) in [6, 6.07) is 5.92. The molecular formula is C21H31N3O2. The standard InChI is InChI=1S/C21H31N3O2/c1-14-9-15(2)11-17(10-14)20(26)24-8-4-5-16(12-24)19(25)23-21(3,13-22)18-6-7-18/h9-11,16,18H,4-8,12-13,22H2,1-3H3,(H,23,25). The first-order valence-corrected chi connectivity index (χ1v) is 9.72. The maximum atomic E-state index is 12.9. The number of nitrogens with one attached hydrogen (secondary N) is 1. The molecule has 1 aliphatic carbocycles. The molecule has 1 heterocycles. The number of piperidine rings is 1. The van der Waals surface area contributed by atoms with Gasteiger partial charge in [-0.05, 0) is 64.5 Å².